The van der Waals surface area contributed by atoms with Crippen LogP contribution in [0.25, 0.3) is 10.2 Å². The highest BCUT2D eigenvalue weighted by molar-refractivity contribution is 7.22. The highest BCUT2D eigenvalue weighted by Crippen LogP contribution is 2.40. The first-order chi connectivity index (χ1) is 15.9. The van der Waals surface area contributed by atoms with Crippen molar-refractivity contribution in [2.24, 2.45) is 11.8 Å². The number of anilines is 1. The lowest BCUT2D eigenvalue weighted by molar-refractivity contribution is -0.146. The van der Waals surface area contributed by atoms with E-state index in [-0.39, 0.29) is 11.7 Å². The van der Waals surface area contributed by atoms with Crippen molar-refractivity contribution >= 4 is 38.4 Å². The summed E-state index contributed by atoms with van der Waals surface area (Å²) in [6.07, 6.45) is 9.77. The molecule has 5 rings (SSSR count). The van der Waals surface area contributed by atoms with Crippen LogP contribution in [0.2, 0.25) is 0 Å². The van der Waals surface area contributed by atoms with Gasteiger partial charge in [-0.15, -0.1) is 0 Å². The van der Waals surface area contributed by atoms with Gasteiger partial charge in [0.15, 0.2) is 10.9 Å². The van der Waals surface area contributed by atoms with Crippen LogP contribution >= 0.6 is 11.3 Å². The molecule has 0 radical (unpaired) electrons. The van der Waals surface area contributed by atoms with E-state index in [0.717, 1.165) is 27.8 Å². The summed E-state index contributed by atoms with van der Waals surface area (Å²) in [5.41, 5.74) is 2.07. The number of thiazole rings is 1. The van der Waals surface area contributed by atoms with Crippen LogP contribution in [0.5, 0.6) is 0 Å². The zero-order chi connectivity index (χ0) is 23.0. The highest BCUT2D eigenvalue weighted by atomic mass is 32.1. The van der Waals surface area contributed by atoms with Gasteiger partial charge in [-0.1, -0.05) is 78.5 Å². The largest absolute Gasteiger partial charge is 0.481 e. The number of aliphatic carboxylic acids is 1. The molecule has 0 spiro atoms. The fourth-order valence-corrected chi connectivity index (χ4v) is 6.01. The van der Waals surface area contributed by atoms with Crippen LogP contribution in [-0.4, -0.2) is 27.4 Å². The second-order valence-corrected chi connectivity index (χ2v) is 10.0. The van der Waals surface area contributed by atoms with Crippen LogP contribution in [0.15, 0.2) is 72.8 Å². The molecule has 0 amide bonds. The average Bonchev–Trinajstić information content (AvgIpc) is 3.46. The number of Topliss-reactive ketones (excluding diaryl/α,β-unsaturated/α-hetero) is 1. The van der Waals surface area contributed by atoms with Crippen LogP contribution in [0.4, 0.5) is 5.13 Å². The molecule has 0 saturated heterocycles. The summed E-state index contributed by atoms with van der Waals surface area (Å²) in [4.78, 5) is 30.4. The molecular weight excluding hydrogens is 432 g/mol. The molecule has 3 aromatic rings. The van der Waals surface area contributed by atoms with Gasteiger partial charge in [0.25, 0.3) is 0 Å². The molecule has 2 aromatic carbocycles. The van der Waals surface area contributed by atoms with Crippen LogP contribution in [0.1, 0.15) is 36.3 Å². The zero-order valence-electron chi connectivity index (χ0n) is 18.4. The number of carboxylic acids is 1. The van der Waals surface area contributed by atoms with E-state index in [1.165, 1.54) is 11.3 Å². The quantitative estimate of drug-likeness (QED) is 0.461. The maximum Gasteiger partial charge on any atom is 0.307 e. The SMILES string of the molecule is Cc1ccc2nc(NC3(C(=O)[C@H]4CCC[C@@H]4C(=O)O)C=CC(c4ccccc4)C=C3)sc2c1. The van der Waals surface area contributed by atoms with Gasteiger partial charge in [0.05, 0.1) is 16.1 Å². The molecule has 1 aromatic heterocycles. The van der Waals surface area contributed by atoms with E-state index in [1.54, 1.807) is 0 Å². The number of nitrogens with one attached hydrogen (secondary N) is 1. The van der Waals surface area contributed by atoms with Crippen LogP contribution < -0.4 is 5.32 Å². The number of allylic oxidation sites excluding steroid dienone is 2. The lowest BCUT2D eigenvalue weighted by Gasteiger charge is -2.34. The monoisotopic (exact) mass is 458 g/mol. The second-order valence-electron chi connectivity index (χ2n) is 8.99. The van der Waals surface area contributed by atoms with Crippen LogP contribution in [0.3, 0.4) is 0 Å². The number of benzene rings is 2. The molecule has 1 fully saturated rings. The van der Waals surface area contributed by atoms with Crippen molar-refractivity contribution in [1.82, 2.24) is 4.98 Å². The number of hydrogen-bond acceptors (Lipinski definition) is 5. The zero-order valence-corrected chi connectivity index (χ0v) is 19.2. The Hall–Kier alpha value is -3.25. The molecule has 1 saturated carbocycles. The predicted octanol–water partition coefficient (Wildman–Crippen LogP) is 5.74. The van der Waals surface area contributed by atoms with E-state index in [1.807, 2.05) is 61.6 Å². The van der Waals surface area contributed by atoms with Crippen molar-refractivity contribution in [3.8, 4) is 0 Å². The Bertz CT molecular complexity index is 1250. The third kappa shape index (κ3) is 4.11. The fourth-order valence-electron chi connectivity index (χ4n) is 4.98. The number of aromatic nitrogens is 1. The molecule has 5 nitrogen and oxygen atoms in total. The van der Waals surface area contributed by atoms with Crippen molar-refractivity contribution in [3.63, 3.8) is 0 Å². The molecule has 2 aliphatic carbocycles. The Morgan fingerprint density at radius 2 is 1.79 bits per heavy atom. The minimum Gasteiger partial charge on any atom is -0.481 e. The predicted molar refractivity (Wildman–Crippen MR) is 132 cm³/mol. The van der Waals surface area contributed by atoms with Crippen molar-refractivity contribution < 1.29 is 14.7 Å². The van der Waals surface area contributed by atoms with E-state index in [0.29, 0.717) is 18.0 Å². The van der Waals surface area contributed by atoms with Gasteiger partial charge in [-0.05, 0) is 43.0 Å². The van der Waals surface area contributed by atoms with Gasteiger partial charge in [-0.2, -0.15) is 0 Å². The number of carboxylic acid groups (broad SMARTS) is 1. The number of aryl methyl sites for hydroxylation is 1. The van der Waals surface area contributed by atoms with Gasteiger partial charge in [-0.25, -0.2) is 4.98 Å². The van der Waals surface area contributed by atoms with E-state index >= 15 is 0 Å². The summed E-state index contributed by atoms with van der Waals surface area (Å²) in [6.45, 7) is 2.04. The lowest BCUT2D eigenvalue weighted by Crippen LogP contribution is -2.48. The summed E-state index contributed by atoms with van der Waals surface area (Å²) in [5.74, 6) is -2.08. The molecule has 1 heterocycles. The summed E-state index contributed by atoms with van der Waals surface area (Å²) in [6, 6.07) is 16.2. The molecule has 2 atom stereocenters. The lowest BCUT2D eigenvalue weighted by atomic mass is 9.76. The van der Waals surface area contributed by atoms with E-state index in [2.05, 4.69) is 23.5 Å². The molecule has 2 N–H and O–H groups in total. The minimum atomic E-state index is -1.11. The van der Waals surface area contributed by atoms with E-state index in [4.69, 9.17) is 4.98 Å². The fraction of sp³-hybridized carbons (Fsp3) is 0.296. The Labute approximate surface area is 196 Å². The first kappa shape index (κ1) is 21.6. The van der Waals surface area contributed by atoms with Gasteiger partial charge in [0.1, 0.15) is 5.54 Å². The number of fused-ring (bicyclic) bond motifs is 1. The summed E-state index contributed by atoms with van der Waals surface area (Å²) >= 11 is 1.51. The molecule has 6 heteroatoms. The topological polar surface area (TPSA) is 79.3 Å². The summed E-state index contributed by atoms with van der Waals surface area (Å²) in [7, 11) is 0. The molecule has 0 bridgehead atoms. The van der Waals surface area contributed by atoms with Crippen molar-refractivity contribution in [2.75, 3.05) is 5.32 Å². The number of carbonyl (C=O) groups excluding carboxylic acids is 1. The second kappa shape index (κ2) is 8.60. The highest BCUT2D eigenvalue weighted by Gasteiger charge is 2.46. The molecule has 0 unspecified atom stereocenters. The molecule has 2 aliphatic rings. The molecule has 33 heavy (non-hydrogen) atoms. The average molecular weight is 459 g/mol. The Morgan fingerprint density at radius 3 is 2.52 bits per heavy atom. The van der Waals surface area contributed by atoms with Crippen molar-refractivity contribution in [3.05, 3.63) is 84.0 Å². The van der Waals surface area contributed by atoms with Gasteiger partial charge in [0, 0.05) is 11.8 Å². The van der Waals surface area contributed by atoms with E-state index < -0.39 is 23.3 Å². The Morgan fingerprint density at radius 1 is 1.06 bits per heavy atom. The van der Waals surface area contributed by atoms with Gasteiger partial charge in [0.2, 0.25) is 0 Å². The van der Waals surface area contributed by atoms with Gasteiger partial charge < -0.3 is 10.4 Å². The summed E-state index contributed by atoms with van der Waals surface area (Å²) in [5, 5.41) is 13.8. The third-order valence-electron chi connectivity index (χ3n) is 6.75. The normalized spacial score (nSPS) is 26.5. The molecule has 0 aliphatic heterocycles. The van der Waals surface area contributed by atoms with Crippen LogP contribution in [0, 0.1) is 18.8 Å². The molecule has 168 valence electrons. The standard InChI is InChI=1S/C27H26N2O3S/c1-17-10-11-22-23(16-17)33-26(28-22)29-27(24(30)20-8-5-9-21(20)25(31)32)14-12-19(13-15-27)18-6-3-2-4-7-18/h2-4,6-7,10-16,19-21H,5,8-9H2,1H3,(H,28,29)(H,31,32)/t19?,20-,21-,27?/m0/s1. The number of rotatable bonds is 6. The number of hydrogen-bond donors (Lipinski definition) is 2. The third-order valence-corrected chi connectivity index (χ3v) is 7.69. The number of nitrogens with zero attached hydrogens (tertiary/aromatic N) is 1. The van der Waals surface area contributed by atoms with Gasteiger partial charge in [-0.3, -0.25) is 9.59 Å². The van der Waals surface area contributed by atoms with E-state index in [9.17, 15) is 14.7 Å². The summed E-state index contributed by atoms with van der Waals surface area (Å²) < 4.78 is 1.05. The Balaban J connectivity index is 1.51. The van der Waals surface area contributed by atoms with Crippen LogP contribution in [-0.2, 0) is 9.59 Å². The van der Waals surface area contributed by atoms with Crippen molar-refractivity contribution in [2.45, 2.75) is 37.6 Å². The van der Waals surface area contributed by atoms with Gasteiger partial charge >= 0.3 is 5.97 Å². The smallest absolute Gasteiger partial charge is 0.307 e. The minimum absolute atomic E-state index is 0.0609. The Kier molecular flexibility index (Phi) is 5.62. The number of ketones is 1. The number of carbonyl (C=O) groups is 2. The first-order valence-electron chi connectivity index (χ1n) is 11.3. The maximum atomic E-state index is 13.9. The molecular formula is C27H26N2O3S. The first-order valence-corrected chi connectivity index (χ1v) is 12.1. The van der Waals surface area contributed by atoms with Crippen molar-refractivity contribution in [1.29, 1.82) is 0 Å². The maximum absolute atomic E-state index is 13.9.